The van der Waals surface area contributed by atoms with Crippen molar-refractivity contribution in [3.05, 3.63) is 46.0 Å². The van der Waals surface area contributed by atoms with Crippen molar-refractivity contribution in [3.63, 3.8) is 0 Å². The first-order valence-corrected chi connectivity index (χ1v) is 9.45. The summed E-state index contributed by atoms with van der Waals surface area (Å²) in [4.78, 5) is 8.69. The van der Waals surface area contributed by atoms with Crippen LogP contribution >= 0.6 is 15.9 Å². The highest BCUT2D eigenvalue weighted by Crippen LogP contribution is 2.16. The van der Waals surface area contributed by atoms with E-state index in [1.165, 1.54) is 5.56 Å². The average Bonchev–Trinajstić information content (AvgIpc) is 3.01. The Morgan fingerprint density at radius 3 is 2.80 bits per heavy atom. The van der Waals surface area contributed by atoms with Crippen molar-refractivity contribution in [3.8, 4) is 0 Å². The lowest BCUT2D eigenvalue weighted by Gasteiger charge is -2.18. The molecule has 25 heavy (non-hydrogen) atoms. The zero-order valence-electron chi connectivity index (χ0n) is 15.1. The van der Waals surface area contributed by atoms with E-state index in [2.05, 4.69) is 72.9 Å². The Bertz CT molecular complexity index is 686. The van der Waals surface area contributed by atoms with Gasteiger partial charge in [0.2, 0.25) is 5.89 Å². The van der Waals surface area contributed by atoms with Crippen LogP contribution in [0, 0.1) is 12.8 Å². The third-order valence-electron chi connectivity index (χ3n) is 3.84. The molecule has 0 fully saturated rings. The second-order valence-electron chi connectivity index (χ2n) is 5.92. The van der Waals surface area contributed by atoms with E-state index in [1.54, 1.807) is 6.92 Å². The van der Waals surface area contributed by atoms with Gasteiger partial charge in [-0.3, -0.25) is 0 Å². The van der Waals surface area contributed by atoms with Crippen LogP contribution in [-0.4, -0.2) is 29.2 Å². The van der Waals surface area contributed by atoms with Gasteiger partial charge in [-0.1, -0.05) is 46.6 Å². The van der Waals surface area contributed by atoms with Crippen LogP contribution in [0.25, 0.3) is 0 Å². The van der Waals surface area contributed by atoms with Crippen molar-refractivity contribution in [1.82, 2.24) is 20.8 Å². The summed E-state index contributed by atoms with van der Waals surface area (Å²) >= 11 is 3.54. The van der Waals surface area contributed by atoms with Gasteiger partial charge >= 0.3 is 0 Å². The molecule has 6 nitrogen and oxygen atoms in total. The van der Waals surface area contributed by atoms with Crippen LogP contribution in [0.15, 0.2) is 38.3 Å². The van der Waals surface area contributed by atoms with Crippen LogP contribution in [0.3, 0.4) is 0 Å². The molecule has 0 aliphatic heterocycles. The Kier molecular flexibility index (Phi) is 7.91. The Morgan fingerprint density at radius 1 is 1.32 bits per heavy atom. The molecule has 1 heterocycles. The number of hydrogen-bond acceptors (Lipinski definition) is 4. The number of hydrogen-bond donors (Lipinski definition) is 2. The maximum atomic E-state index is 5.10. The Hall–Kier alpha value is -1.89. The van der Waals surface area contributed by atoms with Crippen LogP contribution in [-0.2, 0) is 13.0 Å². The number of halogens is 1. The number of aromatic nitrogens is 2. The topological polar surface area (TPSA) is 75.3 Å². The molecule has 0 amide bonds. The van der Waals surface area contributed by atoms with Crippen molar-refractivity contribution in [2.75, 3.05) is 13.1 Å². The van der Waals surface area contributed by atoms with Crippen LogP contribution in [0.5, 0.6) is 0 Å². The van der Waals surface area contributed by atoms with Gasteiger partial charge in [0.15, 0.2) is 11.8 Å². The number of rotatable bonds is 8. The van der Waals surface area contributed by atoms with Gasteiger partial charge in [-0.05, 0) is 43.9 Å². The van der Waals surface area contributed by atoms with Crippen LogP contribution in [0.1, 0.15) is 37.5 Å². The van der Waals surface area contributed by atoms with E-state index in [1.807, 2.05) is 6.92 Å². The summed E-state index contributed by atoms with van der Waals surface area (Å²) in [7, 11) is 0. The molecule has 0 spiro atoms. The molecular formula is C18H26BrN5O. The van der Waals surface area contributed by atoms with Gasteiger partial charge in [0.25, 0.3) is 0 Å². The van der Waals surface area contributed by atoms with Gasteiger partial charge in [-0.2, -0.15) is 4.98 Å². The third-order valence-corrected chi connectivity index (χ3v) is 4.33. The summed E-state index contributed by atoms with van der Waals surface area (Å²) in [6, 6.07) is 8.49. The molecule has 0 saturated carbocycles. The molecule has 1 atom stereocenters. The summed E-state index contributed by atoms with van der Waals surface area (Å²) in [5, 5.41) is 10.5. The first kappa shape index (κ1) is 19.4. The minimum absolute atomic E-state index is 0.374. The second kappa shape index (κ2) is 10.2. The number of aryl methyl sites for hydroxylation is 1. The summed E-state index contributed by atoms with van der Waals surface area (Å²) in [6.07, 6.45) is 2.13. The molecule has 7 heteroatoms. The zero-order chi connectivity index (χ0) is 18.1. The summed E-state index contributed by atoms with van der Waals surface area (Å²) in [5.74, 6) is 2.45. The Labute approximate surface area is 157 Å². The molecule has 2 rings (SSSR count). The molecule has 0 radical (unpaired) electrons. The number of nitrogens with zero attached hydrogens (tertiary/aromatic N) is 3. The van der Waals surface area contributed by atoms with Gasteiger partial charge in [0.1, 0.15) is 6.54 Å². The van der Waals surface area contributed by atoms with Crippen molar-refractivity contribution >= 4 is 21.9 Å². The van der Waals surface area contributed by atoms with Crippen LogP contribution in [0.2, 0.25) is 0 Å². The molecular weight excluding hydrogens is 382 g/mol. The van der Waals surface area contributed by atoms with E-state index in [-0.39, 0.29) is 0 Å². The largest absolute Gasteiger partial charge is 0.357 e. The maximum absolute atomic E-state index is 5.10. The van der Waals surface area contributed by atoms with Crippen molar-refractivity contribution in [2.45, 2.75) is 40.2 Å². The van der Waals surface area contributed by atoms with Gasteiger partial charge < -0.3 is 15.2 Å². The predicted molar refractivity (Wildman–Crippen MR) is 103 cm³/mol. The highest BCUT2D eigenvalue weighted by Gasteiger charge is 2.10. The van der Waals surface area contributed by atoms with E-state index in [0.717, 1.165) is 36.4 Å². The van der Waals surface area contributed by atoms with Crippen molar-refractivity contribution in [1.29, 1.82) is 0 Å². The first-order chi connectivity index (χ1) is 12.1. The molecule has 136 valence electrons. The molecule has 0 bridgehead atoms. The molecule has 2 aromatic rings. The number of nitrogens with one attached hydrogen (secondary N) is 2. The molecule has 0 aliphatic carbocycles. The predicted octanol–water partition coefficient (Wildman–Crippen LogP) is 3.46. The minimum atomic E-state index is 0.374. The van der Waals surface area contributed by atoms with E-state index in [9.17, 15) is 0 Å². The smallest absolute Gasteiger partial charge is 0.248 e. The third kappa shape index (κ3) is 6.86. The molecule has 0 saturated heterocycles. The van der Waals surface area contributed by atoms with Crippen LogP contribution < -0.4 is 10.6 Å². The zero-order valence-corrected chi connectivity index (χ0v) is 16.6. The molecule has 2 N–H and O–H groups in total. The Morgan fingerprint density at radius 2 is 2.16 bits per heavy atom. The van der Waals surface area contributed by atoms with Gasteiger partial charge in [-0.25, -0.2) is 4.99 Å². The van der Waals surface area contributed by atoms with Crippen LogP contribution in [0.4, 0.5) is 0 Å². The highest BCUT2D eigenvalue weighted by atomic mass is 79.9. The van der Waals surface area contributed by atoms with Gasteiger partial charge in [-0.15, -0.1) is 0 Å². The molecule has 1 aromatic carbocycles. The van der Waals surface area contributed by atoms with E-state index in [0.29, 0.717) is 24.2 Å². The van der Waals surface area contributed by atoms with E-state index < -0.39 is 0 Å². The standard InChI is InChI=1S/C18H26BrN5O/c1-4-14(9-15-7-6-8-16(19)10-15)11-21-18(20-5-2)22-12-17-23-13(3)24-25-17/h6-8,10,14H,4-5,9,11-12H2,1-3H3,(H2,20,21,22). The maximum Gasteiger partial charge on any atom is 0.248 e. The fraction of sp³-hybridized carbons (Fsp3) is 0.500. The molecule has 0 aliphatic rings. The monoisotopic (exact) mass is 407 g/mol. The van der Waals surface area contributed by atoms with E-state index >= 15 is 0 Å². The summed E-state index contributed by atoms with van der Waals surface area (Å²) < 4.78 is 6.22. The van der Waals surface area contributed by atoms with Crippen molar-refractivity contribution in [2.24, 2.45) is 10.9 Å². The van der Waals surface area contributed by atoms with Crippen molar-refractivity contribution < 1.29 is 4.52 Å². The van der Waals surface area contributed by atoms with Gasteiger partial charge in [0.05, 0.1) is 0 Å². The molecule has 1 aromatic heterocycles. The average molecular weight is 408 g/mol. The number of aliphatic imine (C=N–C) groups is 1. The lowest BCUT2D eigenvalue weighted by molar-refractivity contribution is 0.376. The lowest BCUT2D eigenvalue weighted by atomic mass is 9.97. The van der Waals surface area contributed by atoms with Gasteiger partial charge in [0, 0.05) is 17.6 Å². The fourth-order valence-corrected chi connectivity index (χ4v) is 2.94. The second-order valence-corrected chi connectivity index (χ2v) is 6.84. The number of benzene rings is 1. The normalized spacial score (nSPS) is 12.9. The summed E-state index contributed by atoms with van der Waals surface area (Å²) in [5.41, 5.74) is 1.34. The number of guanidine groups is 1. The minimum Gasteiger partial charge on any atom is -0.357 e. The highest BCUT2D eigenvalue weighted by molar-refractivity contribution is 9.10. The summed E-state index contributed by atoms with van der Waals surface area (Å²) in [6.45, 7) is 8.10. The quantitative estimate of drug-likeness (QED) is 0.517. The Balaban J connectivity index is 1.91. The lowest BCUT2D eigenvalue weighted by Crippen LogP contribution is -2.40. The SMILES string of the molecule is CCNC(=NCc1nc(C)no1)NCC(CC)Cc1cccc(Br)c1. The molecule has 1 unspecified atom stereocenters. The first-order valence-electron chi connectivity index (χ1n) is 8.66. The van der Waals surface area contributed by atoms with E-state index in [4.69, 9.17) is 4.52 Å². The fourth-order valence-electron chi connectivity index (χ4n) is 2.49.